The zero-order valence-electron chi connectivity index (χ0n) is 16.3. The lowest BCUT2D eigenvalue weighted by Crippen LogP contribution is -2.18. The van der Waals surface area contributed by atoms with Crippen molar-refractivity contribution in [1.29, 1.82) is 0 Å². The molecule has 0 unspecified atom stereocenters. The standard InChI is InChI=1S/C24H21N3O2/c1-16-8-10-18(11-9-16)23(28)22-7-4-12-27(22)15-17-13-20-19(24(29)25-2)5-3-6-21(20)26-14-17/h3-14H,15H2,1-2H3,(H,25,29). The van der Waals surface area contributed by atoms with Gasteiger partial charge >= 0.3 is 0 Å². The molecule has 0 radical (unpaired) electrons. The largest absolute Gasteiger partial charge is 0.355 e. The summed E-state index contributed by atoms with van der Waals surface area (Å²) in [6, 6.07) is 18.7. The monoisotopic (exact) mass is 383 g/mol. The Bertz CT molecular complexity index is 1210. The van der Waals surface area contributed by atoms with Gasteiger partial charge in [-0.25, -0.2) is 0 Å². The highest BCUT2D eigenvalue weighted by Crippen LogP contribution is 2.20. The quantitative estimate of drug-likeness (QED) is 0.530. The molecule has 4 rings (SSSR count). The highest BCUT2D eigenvalue weighted by atomic mass is 16.1. The molecule has 0 atom stereocenters. The van der Waals surface area contributed by atoms with Crippen LogP contribution in [0.3, 0.4) is 0 Å². The molecule has 4 aromatic rings. The van der Waals surface area contributed by atoms with Gasteiger partial charge in [0, 0.05) is 42.5 Å². The molecule has 2 aromatic carbocycles. The van der Waals surface area contributed by atoms with Crippen LogP contribution in [0.2, 0.25) is 0 Å². The average molecular weight is 383 g/mol. The van der Waals surface area contributed by atoms with Gasteiger partial charge in [0.2, 0.25) is 5.78 Å². The number of hydrogen-bond donors (Lipinski definition) is 1. The van der Waals surface area contributed by atoms with Crippen molar-refractivity contribution in [3.63, 3.8) is 0 Å². The Morgan fingerprint density at radius 1 is 1.03 bits per heavy atom. The number of aromatic nitrogens is 2. The molecule has 5 heteroatoms. The maximum Gasteiger partial charge on any atom is 0.251 e. The fraction of sp³-hybridized carbons (Fsp3) is 0.125. The zero-order chi connectivity index (χ0) is 20.4. The van der Waals surface area contributed by atoms with Crippen molar-refractivity contribution < 1.29 is 9.59 Å². The maximum absolute atomic E-state index is 12.9. The maximum atomic E-state index is 12.9. The van der Waals surface area contributed by atoms with Crippen molar-refractivity contribution in [3.8, 4) is 0 Å². The van der Waals surface area contributed by atoms with Crippen LogP contribution in [-0.2, 0) is 6.54 Å². The van der Waals surface area contributed by atoms with Gasteiger partial charge in [-0.05, 0) is 42.8 Å². The molecule has 2 heterocycles. The third-order valence-electron chi connectivity index (χ3n) is 4.98. The van der Waals surface area contributed by atoms with Crippen LogP contribution >= 0.6 is 0 Å². The molecule has 0 spiro atoms. The number of nitrogens with zero attached hydrogens (tertiary/aromatic N) is 2. The molecule has 0 fully saturated rings. The van der Waals surface area contributed by atoms with Gasteiger partial charge in [0.05, 0.1) is 11.2 Å². The molecule has 29 heavy (non-hydrogen) atoms. The first-order valence-corrected chi connectivity index (χ1v) is 9.43. The lowest BCUT2D eigenvalue weighted by molar-refractivity contribution is 0.0963. The number of rotatable bonds is 5. The molecule has 0 aliphatic carbocycles. The number of benzene rings is 2. The summed E-state index contributed by atoms with van der Waals surface area (Å²) in [5.74, 6) is -0.166. The molecular weight excluding hydrogens is 362 g/mol. The number of pyridine rings is 1. The van der Waals surface area contributed by atoms with Crippen molar-refractivity contribution in [1.82, 2.24) is 14.9 Å². The van der Waals surface area contributed by atoms with E-state index < -0.39 is 0 Å². The van der Waals surface area contributed by atoms with Gasteiger partial charge in [0.25, 0.3) is 5.91 Å². The first-order valence-electron chi connectivity index (χ1n) is 9.43. The van der Waals surface area contributed by atoms with Crippen LogP contribution in [0, 0.1) is 6.92 Å². The van der Waals surface area contributed by atoms with E-state index in [9.17, 15) is 9.59 Å². The lowest BCUT2D eigenvalue weighted by Gasteiger charge is -2.11. The number of hydrogen-bond acceptors (Lipinski definition) is 3. The summed E-state index contributed by atoms with van der Waals surface area (Å²) >= 11 is 0. The van der Waals surface area contributed by atoms with E-state index in [-0.39, 0.29) is 11.7 Å². The molecule has 0 saturated carbocycles. The Kier molecular flexibility index (Phi) is 4.96. The van der Waals surface area contributed by atoms with Crippen LogP contribution in [0.5, 0.6) is 0 Å². The minimum absolute atomic E-state index is 0.0187. The molecule has 0 saturated heterocycles. The van der Waals surface area contributed by atoms with E-state index >= 15 is 0 Å². The van der Waals surface area contributed by atoms with E-state index in [0.717, 1.165) is 22.0 Å². The summed E-state index contributed by atoms with van der Waals surface area (Å²) in [5.41, 5.74) is 4.66. The zero-order valence-corrected chi connectivity index (χ0v) is 16.3. The topological polar surface area (TPSA) is 64.0 Å². The second-order valence-electron chi connectivity index (χ2n) is 7.01. The van der Waals surface area contributed by atoms with Crippen molar-refractivity contribution in [3.05, 3.63) is 101 Å². The Morgan fingerprint density at radius 3 is 2.59 bits per heavy atom. The van der Waals surface area contributed by atoms with Crippen molar-refractivity contribution in [2.24, 2.45) is 0 Å². The van der Waals surface area contributed by atoms with E-state index in [4.69, 9.17) is 0 Å². The number of aryl methyl sites for hydroxylation is 1. The fourth-order valence-electron chi connectivity index (χ4n) is 3.42. The summed E-state index contributed by atoms with van der Waals surface area (Å²) in [5, 5.41) is 3.46. The second kappa shape index (κ2) is 7.72. The van der Waals surface area contributed by atoms with Gasteiger partial charge in [-0.15, -0.1) is 0 Å². The van der Waals surface area contributed by atoms with Crippen LogP contribution in [0.4, 0.5) is 0 Å². The van der Waals surface area contributed by atoms with E-state index in [1.807, 2.05) is 72.3 Å². The van der Waals surface area contributed by atoms with Crippen molar-refractivity contribution in [2.45, 2.75) is 13.5 Å². The molecule has 0 aliphatic heterocycles. The molecule has 2 aromatic heterocycles. The number of nitrogens with one attached hydrogen (secondary N) is 1. The van der Waals surface area contributed by atoms with Gasteiger partial charge in [-0.3, -0.25) is 14.6 Å². The predicted octanol–water partition coefficient (Wildman–Crippen LogP) is 3.98. The highest BCUT2D eigenvalue weighted by Gasteiger charge is 2.14. The van der Waals surface area contributed by atoms with Crippen LogP contribution in [0.1, 0.15) is 37.5 Å². The third kappa shape index (κ3) is 3.67. The minimum Gasteiger partial charge on any atom is -0.355 e. The second-order valence-corrected chi connectivity index (χ2v) is 7.01. The Morgan fingerprint density at radius 2 is 1.83 bits per heavy atom. The van der Waals surface area contributed by atoms with Crippen LogP contribution in [-0.4, -0.2) is 28.3 Å². The van der Waals surface area contributed by atoms with Gasteiger partial charge in [-0.2, -0.15) is 0 Å². The normalized spacial score (nSPS) is 10.8. The van der Waals surface area contributed by atoms with Gasteiger partial charge in [0.15, 0.2) is 0 Å². The Balaban J connectivity index is 1.68. The number of amides is 1. The Hall–Kier alpha value is -3.73. The van der Waals surface area contributed by atoms with Gasteiger partial charge in [0.1, 0.15) is 0 Å². The van der Waals surface area contributed by atoms with Gasteiger partial charge < -0.3 is 9.88 Å². The van der Waals surface area contributed by atoms with E-state index in [1.54, 1.807) is 19.3 Å². The number of ketones is 1. The molecule has 0 bridgehead atoms. The third-order valence-corrected chi connectivity index (χ3v) is 4.98. The van der Waals surface area contributed by atoms with Crippen molar-refractivity contribution in [2.75, 3.05) is 7.05 Å². The number of carbonyl (C=O) groups excluding carboxylic acids is 2. The lowest BCUT2D eigenvalue weighted by atomic mass is 10.1. The fourth-order valence-corrected chi connectivity index (χ4v) is 3.42. The molecule has 1 amide bonds. The summed E-state index contributed by atoms with van der Waals surface area (Å²) in [6.45, 7) is 2.49. The van der Waals surface area contributed by atoms with E-state index in [0.29, 0.717) is 23.4 Å². The van der Waals surface area contributed by atoms with Crippen molar-refractivity contribution >= 4 is 22.6 Å². The first kappa shape index (κ1) is 18.6. The van der Waals surface area contributed by atoms with Crippen LogP contribution in [0.25, 0.3) is 10.9 Å². The molecule has 1 N–H and O–H groups in total. The summed E-state index contributed by atoms with van der Waals surface area (Å²) in [6.07, 6.45) is 3.67. The van der Waals surface area contributed by atoms with E-state index in [1.165, 1.54) is 0 Å². The molecule has 5 nitrogen and oxygen atoms in total. The summed E-state index contributed by atoms with van der Waals surface area (Å²) in [4.78, 5) is 29.6. The number of fused-ring (bicyclic) bond motifs is 1. The number of carbonyl (C=O) groups is 2. The van der Waals surface area contributed by atoms with Gasteiger partial charge in [-0.1, -0.05) is 35.9 Å². The van der Waals surface area contributed by atoms with E-state index in [2.05, 4.69) is 10.3 Å². The van der Waals surface area contributed by atoms with Crippen LogP contribution < -0.4 is 5.32 Å². The molecule has 0 aliphatic rings. The molecule has 144 valence electrons. The average Bonchev–Trinajstić information content (AvgIpc) is 3.20. The minimum atomic E-state index is -0.147. The summed E-state index contributed by atoms with van der Waals surface area (Å²) in [7, 11) is 1.61. The first-order chi connectivity index (χ1) is 14.1. The van der Waals surface area contributed by atoms with Crippen LogP contribution in [0.15, 0.2) is 73.1 Å². The smallest absolute Gasteiger partial charge is 0.251 e. The SMILES string of the molecule is CNC(=O)c1cccc2ncc(Cn3cccc3C(=O)c3ccc(C)cc3)cc12. The molecular formula is C24H21N3O2. The predicted molar refractivity (Wildman–Crippen MR) is 113 cm³/mol. The highest BCUT2D eigenvalue weighted by molar-refractivity contribution is 6.08. The Labute approximate surface area is 169 Å². The summed E-state index contributed by atoms with van der Waals surface area (Å²) < 4.78 is 1.91.